The molecule has 0 saturated heterocycles. The third kappa shape index (κ3) is 2.65. The van der Waals surface area contributed by atoms with E-state index in [1.807, 2.05) is 25.8 Å². The van der Waals surface area contributed by atoms with Crippen molar-refractivity contribution in [1.82, 2.24) is 10.1 Å². The maximum atomic E-state index is 12.5. The summed E-state index contributed by atoms with van der Waals surface area (Å²) in [5, 5.41) is 3.95. The summed E-state index contributed by atoms with van der Waals surface area (Å²) in [6.07, 6.45) is 3.27. The molecule has 1 amide bonds. The molecule has 0 fully saturated rings. The van der Waals surface area contributed by atoms with Crippen LogP contribution >= 0.6 is 0 Å². The molecular weight excluding hydrogens is 276 g/mol. The fourth-order valence-electron chi connectivity index (χ4n) is 3.38. The zero-order chi connectivity index (χ0) is 15.7. The lowest BCUT2D eigenvalue weighted by atomic mass is 10.1. The number of nitrogens with zero attached hydrogens (tertiary/aromatic N) is 2. The molecule has 4 nitrogen and oxygen atoms in total. The molecule has 1 aliphatic carbocycles. The smallest absolute Gasteiger partial charge is 0.223 e. The molecule has 0 radical (unpaired) electrons. The molecule has 3 rings (SSSR count). The largest absolute Gasteiger partial charge is 0.361 e. The van der Waals surface area contributed by atoms with Crippen LogP contribution in [0.2, 0.25) is 0 Å². The van der Waals surface area contributed by atoms with Crippen LogP contribution in [0.5, 0.6) is 0 Å². The summed E-state index contributed by atoms with van der Waals surface area (Å²) in [6, 6.07) is 8.65. The van der Waals surface area contributed by atoms with Gasteiger partial charge in [0.2, 0.25) is 5.91 Å². The normalized spacial score (nSPS) is 16.6. The molecule has 1 aliphatic rings. The summed E-state index contributed by atoms with van der Waals surface area (Å²) in [5.74, 6) is 1.00. The van der Waals surface area contributed by atoms with Crippen LogP contribution in [0.15, 0.2) is 28.8 Å². The first-order chi connectivity index (χ1) is 10.6. The Hall–Kier alpha value is -2.10. The molecule has 0 saturated carbocycles. The summed E-state index contributed by atoms with van der Waals surface area (Å²) in [5.41, 5.74) is 4.63. The van der Waals surface area contributed by atoms with E-state index in [0.29, 0.717) is 12.8 Å². The minimum absolute atomic E-state index is 0.182. The minimum atomic E-state index is 0.182. The molecule has 2 aromatic rings. The third-order valence-electron chi connectivity index (χ3n) is 4.73. The molecule has 22 heavy (non-hydrogen) atoms. The highest BCUT2D eigenvalue weighted by molar-refractivity contribution is 5.77. The summed E-state index contributed by atoms with van der Waals surface area (Å²) in [6.45, 7) is 3.82. The van der Waals surface area contributed by atoms with Crippen LogP contribution in [0.3, 0.4) is 0 Å². The van der Waals surface area contributed by atoms with Crippen molar-refractivity contribution in [1.29, 1.82) is 0 Å². The van der Waals surface area contributed by atoms with Gasteiger partial charge in [0.1, 0.15) is 5.76 Å². The van der Waals surface area contributed by atoms with Gasteiger partial charge >= 0.3 is 0 Å². The first-order valence-corrected chi connectivity index (χ1v) is 7.83. The van der Waals surface area contributed by atoms with Crippen LogP contribution in [0, 0.1) is 13.8 Å². The van der Waals surface area contributed by atoms with E-state index in [4.69, 9.17) is 4.52 Å². The van der Waals surface area contributed by atoms with Gasteiger partial charge in [0, 0.05) is 19.0 Å². The van der Waals surface area contributed by atoms with Crippen molar-refractivity contribution in [2.45, 2.75) is 45.6 Å². The predicted octanol–water partition coefficient (Wildman–Crippen LogP) is 3.37. The van der Waals surface area contributed by atoms with Crippen LogP contribution in [0.1, 0.15) is 47.0 Å². The van der Waals surface area contributed by atoms with Gasteiger partial charge in [-0.2, -0.15) is 0 Å². The Kier molecular flexibility index (Phi) is 4.01. The van der Waals surface area contributed by atoms with Gasteiger partial charge in [0.25, 0.3) is 0 Å². The van der Waals surface area contributed by atoms with E-state index in [1.165, 1.54) is 11.1 Å². The molecule has 0 N–H and O–H groups in total. The molecular formula is C18H22N2O2. The number of aromatic nitrogens is 1. The Morgan fingerprint density at radius 3 is 2.86 bits per heavy atom. The maximum absolute atomic E-state index is 12.5. The Morgan fingerprint density at radius 2 is 2.14 bits per heavy atom. The van der Waals surface area contributed by atoms with Gasteiger partial charge in [0.15, 0.2) is 0 Å². The van der Waals surface area contributed by atoms with Crippen molar-refractivity contribution in [2.24, 2.45) is 0 Å². The SMILES string of the molecule is Cc1noc(C)c1CCC(=O)N(C)[C@@H]1CCc2ccccc21. The number of hydrogen-bond donors (Lipinski definition) is 0. The van der Waals surface area contributed by atoms with E-state index in [0.717, 1.165) is 29.9 Å². The lowest BCUT2D eigenvalue weighted by molar-refractivity contribution is -0.132. The molecule has 1 heterocycles. The number of rotatable bonds is 4. The number of benzene rings is 1. The van der Waals surface area contributed by atoms with Gasteiger partial charge in [0.05, 0.1) is 11.7 Å². The van der Waals surface area contributed by atoms with Crippen molar-refractivity contribution >= 4 is 5.91 Å². The number of carbonyl (C=O) groups excluding carboxylic acids is 1. The van der Waals surface area contributed by atoms with Gasteiger partial charge in [-0.1, -0.05) is 29.4 Å². The second-order valence-electron chi connectivity index (χ2n) is 6.06. The maximum Gasteiger partial charge on any atom is 0.223 e. The number of fused-ring (bicyclic) bond motifs is 1. The van der Waals surface area contributed by atoms with E-state index in [9.17, 15) is 4.79 Å². The fraction of sp³-hybridized carbons (Fsp3) is 0.444. The van der Waals surface area contributed by atoms with Gasteiger partial charge < -0.3 is 9.42 Å². The van der Waals surface area contributed by atoms with Crippen molar-refractivity contribution in [3.8, 4) is 0 Å². The average molecular weight is 298 g/mol. The van der Waals surface area contributed by atoms with Crippen molar-refractivity contribution in [3.63, 3.8) is 0 Å². The molecule has 1 atom stereocenters. The van der Waals surface area contributed by atoms with E-state index in [-0.39, 0.29) is 11.9 Å². The summed E-state index contributed by atoms with van der Waals surface area (Å²) in [7, 11) is 1.92. The van der Waals surface area contributed by atoms with E-state index >= 15 is 0 Å². The molecule has 116 valence electrons. The number of amides is 1. The number of aryl methyl sites for hydroxylation is 3. The quantitative estimate of drug-likeness (QED) is 0.869. The first-order valence-electron chi connectivity index (χ1n) is 7.83. The molecule has 0 bridgehead atoms. The Balaban J connectivity index is 1.66. The van der Waals surface area contributed by atoms with Gasteiger partial charge in [-0.05, 0) is 44.2 Å². The molecule has 0 spiro atoms. The lowest BCUT2D eigenvalue weighted by Gasteiger charge is -2.25. The van der Waals surface area contributed by atoms with Crippen molar-refractivity contribution < 1.29 is 9.32 Å². The Bertz CT molecular complexity index is 671. The molecule has 0 aliphatic heterocycles. The van der Waals surface area contributed by atoms with Gasteiger partial charge in [-0.3, -0.25) is 4.79 Å². The zero-order valence-corrected chi connectivity index (χ0v) is 13.4. The third-order valence-corrected chi connectivity index (χ3v) is 4.73. The highest BCUT2D eigenvalue weighted by Crippen LogP contribution is 2.35. The topological polar surface area (TPSA) is 46.3 Å². The molecule has 0 unspecified atom stereocenters. The standard InChI is InChI=1S/C18H22N2O2/c1-12-15(13(2)22-19-12)9-11-18(21)20(3)17-10-8-14-6-4-5-7-16(14)17/h4-7,17H,8-11H2,1-3H3/t17-/m1/s1. The highest BCUT2D eigenvalue weighted by atomic mass is 16.5. The van der Waals surface area contributed by atoms with E-state index < -0.39 is 0 Å². The van der Waals surface area contributed by atoms with Gasteiger partial charge in [-0.25, -0.2) is 0 Å². The second kappa shape index (κ2) is 5.95. The highest BCUT2D eigenvalue weighted by Gasteiger charge is 2.28. The summed E-state index contributed by atoms with van der Waals surface area (Å²) < 4.78 is 5.16. The van der Waals surface area contributed by atoms with Gasteiger partial charge in [-0.15, -0.1) is 0 Å². The molecule has 1 aromatic carbocycles. The van der Waals surface area contributed by atoms with Crippen molar-refractivity contribution in [3.05, 3.63) is 52.4 Å². The van der Waals surface area contributed by atoms with Crippen LogP contribution in [-0.2, 0) is 17.6 Å². The molecule has 4 heteroatoms. The van der Waals surface area contributed by atoms with Crippen LogP contribution in [0.4, 0.5) is 0 Å². The van der Waals surface area contributed by atoms with E-state index in [1.54, 1.807) is 0 Å². The Labute approximate surface area is 131 Å². The number of hydrogen-bond acceptors (Lipinski definition) is 3. The van der Waals surface area contributed by atoms with Crippen LogP contribution in [0.25, 0.3) is 0 Å². The predicted molar refractivity (Wildman–Crippen MR) is 84.6 cm³/mol. The van der Waals surface area contributed by atoms with Crippen molar-refractivity contribution in [2.75, 3.05) is 7.05 Å². The zero-order valence-electron chi connectivity index (χ0n) is 13.4. The summed E-state index contributed by atoms with van der Waals surface area (Å²) >= 11 is 0. The number of carbonyl (C=O) groups is 1. The van der Waals surface area contributed by atoms with Crippen LogP contribution < -0.4 is 0 Å². The minimum Gasteiger partial charge on any atom is -0.361 e. The first kappa shape index (κ1) is 14.8. The van der Waals surface area contributed by atoms with E-state index in [2.05, 4.69) is 29.4 Å². The average Bonchev–Trinajstić information content (AvgIpc) is 3.08. The monoisotopic (exact) mass is 298 g/mol. The molecule has 1 aromatic heterocycles. The van der Waals surface area contributed by atoms with Crippen LogP contribution in [-0.4, -0.2) is 23.0 Å². The lowest BCUT2D eigenvalue weighted by Crippen LogP contribution is -2.30. The second-order valence-corrected chi connectivity index (χ2v) is 6.06. The fourth-order valence-corrected chi connectivity index (χ4v) is 3.38. The summed E-state index contributed by atoms with van der Waals surface area (Å²) in [4.78, 5) is 14.4. The Morgan fingerprint density at radius 1 is 1.36 bits per heavy atom.